The van der Waals surface area contributed by atoms with Crippen molar-refractivity contribution in [2.24, 2.45) is 0 Å². The zero-order chi connectivity index (χ0) is 19.5. The van der Waals surface area contributed by atoms with Crippen molar-refractivity contribution in [3.05, 3.63) is 70.3 Å². The van der Waals surface area contributed by atoms with Crippen molar-refractivity contribution in [2.75, 3.05) is 0 Å². The fourth-order valence-electron chi connectivity index (χ4n) is 3.73. The molecule has 0 atom stereocenters. The summed E-state index contributed by atoms with van der Waals surface area (Å²) in [7, 11) is 0. The summed E-state index contributed by atoms with van der Waals surface area (Å²) in [5.41, 5.74) is 6.16. The second kappa shape index (κ2) is 14.0. The van der Waals surface area contributed by atoms with Crippen molar-refractivity contribution in [1.29, 1.82) is 0 Å². The first-order valence-corrected chi connectivity index (χ1v) is 10.5. The summed E-state index contributed by atoms with van der Waals surface area (Å²) < 4.78 is 0. The zero-order valence-electron chi connectivity index (χ0n) is 19.0. The molecule has 0 heterocycles. The standard InChI is InChI=1S/C25H34O2.Na.H/c1-3-5-8-14-21-16-22(15-9-6-4-2)24(23(17-21)19-25(26)27)18-20-12-10-7-11-13-20;;/h7,10-13,16-17H,3-6,8-9,14-15,18-19H2,1-2H3,(H,26,27);;/q;+1;-1. The molecule has 2 nitrogen and oxygen atoms in total. The summed E-state index contributed by atoms with van der Waals surface area (Å²) in [5, 5.41) is 9.47. The molecule has 0 bridgehead atoms. The molecule has 148 valence electrons. The minimum Gasteiger partial charge on any atom is -1.00 e. The number of carboxylic acids is 1. The van der Waals surface area contributed by atoms with E-state index in [1.54, 1.807) is 0 Å². The molecular weight excluding hydrogens is 355 g/mol. The number of benzene rings is 2. The van der Waals surface area contributed by atoms with Crippen LogP contribution in [-0.2, 0) is 30.5 Å². The maximum absolute atomic E-state index is 11.5. The Labute approximate surface area is 194 Å². The van der Waals surface area contributed by atoms with Crippen LogP contribution in [0.2, 0.25) is 0 Å². The molecule has 3 heteroatoms. The van der Waals surface area contributed by atoms with E-state index >= 15 is 0 Å². The number of carbonyl (C=O) groups is 1. The molecule has 28 heavy (non-hydrogen) atoms. The molecule has 2 aromatic rings. The average Bonchev–Trinajstić information content (AvgIpc) is 2.65. The Hall–Kier alpha value is -1.09. The fraction of sp³-hybridized carbons (Fsp3) is 0.480. The third kappa shape index (κ3) is 8.51. The molecule has 1 N–H and O–H groups in total. The Morgan fingerprint density at radius 2 is 1.46 bits per heavy atom. The molecule has 0 unspecified atom stereocenters. The molecular formula is C25H35NaO2. The number of unbranched alkanes of at least 4 members (excludes halogenated alkanes) is 4. The van der Waals surface area contributed by atoms with E-state index in [1.807, 2.05) is 6.07 Å². The number of aryl methyl sites for hydroxylation is 2. The van der Waals surface area contributed by atoms with Gasteiger partial charge in [0.25, 0.3) is 0 Å². The Balaban J connectivity index is 0.00000392. The van der Waals surface area contributed by atoms with Crippen LogP contribution in [-0.4, -0.2) is 11.1 Å². The van der Waals surface area contributed by atoms with E-state index in [1.165, 1.54) is 60.8 Å². The van der Waals surface area contributed by atoms with Gasteiger partial charge in [0.05, 0.1) is 6.42 Å². The molecule has 0 radical (unpaired) electrons. The van der Waals surface area contributed by atoms with Crippen LogP contribution in [0.1, 0.15) is 81.6 Å². The molecule has 0 aliphatic heterocycles. The monoisotopic (exact) mass is 390 g/mol. The summed E-state index contributed by atoms with van der Waals surface area (Å²) >= 11 is 0. The Morgan fingerprint density at radius 1 is 0.857 bits per heavy atom. The molecule has 0 fully saturated rings. The van der Waals surface area contributed by atoms with E-state index in [4.69, 9.17) is 0 Å². The van der Waals surface area contributed by atoms with E-state index in [0.29, 0.717) is 0 Å². The van der Waals surface area contributed by atoms with Crippen LogP contribution in [0.15, 0.2) is 42.5 Å². The molecule has 0 spiro atoms. The SMILES string of the molecule is CCCCCc1cc(CCCCC)c(Cc2ccccc2)c(CC(=O)O)c1.[H-].[Na+]. The molecule has 2 aromatic carbocycles. The molecule has 2 rings (SSSR count). The largest absolute Gasteiger partial charge is 1.00 e. The van der Waals surface area contributed by atoms with Crippen LogP contribution in [0.5, 0.6) is 0 Å². The molecule has 0 aliphatic rings. The van der Waals surface area contributed by atoms with Crippen molar-refractivity contribution in [1.82, 2.24) is 0 Å². The van der Waals surface area contributed by atoms with E-state index in [-0.39, 0.29) is 37.4 Å². The van der Waals surface area contributed by atoms with E-state index in [0.717, 1.165) is 24.8 Å². The smallest absolute Gasteiger partial charge is 1.00 e. The number of rotatable bonds is 12. The van der Waals surface area contributed by atoms with Crippen molar-refractivity contribution >= 4 is 5.97 Å². The normalized spacial score (nSPS) is 10.5. The number of hydrogen-bond donors (Lipinski definition) is 1. The fourth-order valence-corrected chi connectivity index (χ4v) is 3.73. The Bertz CT molecular complexity index is 716. The average molecular weight is 391 g/mol. The molecule has 0 aliphatic carbocycles. The number of aliphatic carboxylic acids is 1. The first-order valence-electron chi connectivity index (χ1n) is 10.5. The first kappa shape index (κ1) is 24.9. The summed E-state index contributed by atoms with van der Waals surface area (Å²) in [6, 6.07) is 14.9. The first-order chi connectivity index (χ1) is 13.1. The molecule has 0 aromatic heterocycles. The second-order valence-electron chi connectivity index (χ2n) is 7.54. The zero-order valence-corrected chi connectivity index (χ0v) is 20.0. The summed E-state index contributed by atoms with van der Waals surface area (Å²) in [6.07, 6.45) is 10.2. The molecule has 0 saturated heterocycles. The van der Waals surface area contributed by atoms with Gasteiger partial charge in [-0.05, 0) is 59.9 Å². The minimum absolute atomic E-state index is 0. The van der Waals surface area contributed by atoms with Gasteiger partial charge >= 0.3 is 35.5 Å². The van der Waals surface area contributed by atoms with E-state index in [2.05, 4.69) is 50.2 Å². The second-order valence-corrected chi connectivity index (χ2v) is 7.54. The molecule has 0 saturated carbocycles. The quantitative estimate of drug-likeness (QED) is 0.445. The molecule has 0 amide bonds. The summed E-state index contributed by atoms with van der Waals surface area (Å²) in [6.45, 7) is 4.44. The van der Waals surface area contributed by atoms with Gasteiger partial charge in [0.2, 0.25) is 0 Å². The van der Waals surface area contributed by atoms with Gasteiger partial charge in [-0.1, -0.05) is 82.0 Å². The van der Waals surface area contributed by atoms with Crippen LogP contribution >= 0.6 is 0 Å². The van der Waals surface area contributed by atoms with Gasteiger partial charge < -0.3 is 6.53 Å². The van der Waals surface area contributed by atoms with Crippen molar-refractivity contribution in [3.63, 3.8) is 0 Å². The van der Waals surface area contributed by atoms with Crippen LogP contribution in [0.4, 0.5) is 0 Å². The van der Waals surface area contributed by atoms with Gasteiger partial charge in [-0.25, -0.2) is 0 Å². The van der Waals surface area contributed by atoms with Crippen molar-refractivity contribution in [3.8, 4) is 0 Å². The maximum Gasteiger partial charge on any atom is 1.00 e. The van der Waals surface area contributed by atoms with Crippen LogP contribution in [0.3, 0.4) is 0 Å². The van der Waals surface area contributed by atoms with Gasteiger partial charge in [-0.3, -0.25) is 4.79 Å². The topological polar surface area (TPSA) is 37.3 Å². The third-order valence-electron chi connectivity index (χ3n) is 5.18. The Morgan fingerprint density at radius 3 is 2.07 bits per heavy atom. The third-order valence-corrected chi connectivity index (χ3v) is 5.18. The van der Waals surface area contributed by atoms with Gasteiger partial charge in [0.1, 0.15) is 0 Å². The van der Waals surface area contributed by atoms with Crippen LogP contribution in [0, 0.1) is 0 Å². The van der Waals surface area contributed by atoms with Gasteiger partial charge in [0, 0.05) is 0 Å². The van der Waals surface area contributed by atoms with Crippen LogP contribution in [0.25, 0.3) is 0 Å². The predicted molar refractivity (Wildman–Crippen MR) is 115 cm³/mol. The van der Waals surface area contributed by atoms with E-state index in [9.17, 15) is 9.90 Å². The Kier molecular flexibility index (Phi) is 12.5. The summed E-state index contributed by atoms with van der Waals surface area (Å²) in [5.74, 6) is -0.741. The van der Waals surface area contributed by atoms with Gasteiger partial charge in [-0.15, -0.1) is 0 Å². The number of hydrogen-bond acceptors (Lipinski definition) is 1. The van der Waals surface area contributed by atoms with Gasteiger partial charge in [-0.2, -0.15) is 0 Å². The maximum atomic E-state index is 11.5. The van der Waals surface area contributed by atoms with Crippen molar-refractivity contribution in [2.45, 2.75) is 78.1 Å². The van der Waals surface area contributed by atoms with Crippen LogP contribution < -0.4 is 29.6 Å². The van der Waals surface area contributed by atoms with E-state index < -0.39 is 5.97 Å². The summed E-state index contributed by atoms with van der Waals surface area (Å²) in [4.78, 5) is 11.5. The minimum atomic E-state index is -0.741. The number of carboxylic acid groups (broad SMARTS) is 1. The predicted octanol–water partition coefficient (Wildman–Crippen LogP) is 3.49. The van der Waals surface area contributed by atoms with Gasteiger partial charge in [0.15, 0.2) is 0 Å². The van der Waals surface area contributed by atoms with Crippen molar-refractivity contribution < 1.29 is 40.9 Å².